The predicted molar refractivity (Wildman–Crippen MR) is 71.6 cm³/mol. The van der Waals surface area contributed by atoms with Crippen molar-refractivity contribution in [3.05, 3.63) is 58.1 Å². The highest BCUT2D eigenvalue weighted by molar-refractivity contribution is 9.10. The van der Waals surface area contributed by atoms with Crippen LogP contribution in [-0.4, -0.2) is 5.84 Å². The van der Waals surface area contributed by atoms with E-state index in [1.807, 2.05) is 0 Å². The van der Waals surface area contributed by atoms with E-state index in [1.54, 1.807) is 18.2 Å². The fourth-order valence-corrected chi connectivity index (χ4v) is 2.03. The van der Waals surface area contributed by atoms with Crippen LogP contribution in [0.5, 0.6) is 11.5 Å². The number of nitrogens with one attached hydrogen (secondary N) is 1. The Bertz CT molecular complexity index is 647. The number of hydrogen-bond donors (Lipinski definition) is 2. The molecule has 0 saturated heterocycles. The summed E-state index contributed by atoms with van der Waals surface area (Å²) in [6, 6.07) is 7.73. The SMILES string of the molecule is N=C(N)c1ccc(Oc2ccc(F)cc2F)cc1Br. The molecule has 6 heteroatoms. The molecular formula is C13H9BrF2N2O. The molecule has 0 bridgehead atoms. The second-order valence-corrected chi connectivity index (χ2v) is 4.59. The van der Waals surface area contributed by atoms with Crippen molar-refractivity contribution in [1.29, 1.82) is 5.41 Å². The highest BCUT2D eigenvalue weighted by atomic mass is 79.9. The zero-order valence-corrected chi connectivity index (χ0v) is 11.2. The molecule has 2 aromatic rings. The molecule has 0 fully saturated rings. The molecule has 0 aliphatic rings. The van der Waals surface area contributed by atoms with Crippen LogP contribution in [0.25, 0.3) is 0 Å². The van der Waals surface area contributed by atoms with Gasteiger partial charge in [-0.25, -0.2) is 8.78 Å². The monoisotopic (exact) mass is 326 g/mol. The molecule has 0 aliphatic carbocycles. The Hall–Kier alpha value is -1.95. The third kappa shape index (κ3) is 3.08. The minimum absolute atomic E-state index is 0.0797. The fraction of sp³-hybridized carbons (Fsp3) is 0. The van der Waals surface area contributed by atoms with E-state index >= 15 is 0 Å². The number of hydrogen-bond acceptors (Lipinski definition) is 2. The van der Waals surface area contributed by atoms with Crippen molar-refractivity contribution in [1.82, 2.24) is 0 Å². The van der Waals surface area contributed by atoms with E-state index in [0.717, 1.165) is 12.1 Å². The summed E-state index contributed by atoms with van der Waals surface area (Å²) in [5.41, 5.74) is 5.88. The van der Waals surface area contributed by atoms with Gasteiger partial charge in [0.1, 0.15) is 17.4 Å². The molecule has 0 heterocycles. The van der Waals surface area contributed by atoms with Gasteiger partial charge in [-0.2, -0.15) is 0 Å². The van der Waals surface area contributed by atoms with Crippen LogP contribution in [0.15, 0.2) is 40.9 Å². The first-order valence-corrected chi connectivity index (χ1v) is 6.03. The van der Waals surface area contributed by atoms with Crippen LogP contribution in [0.1, 0.15) is 5.56 Å². The van der Waals surface area contributed by atoms with Gasteiger partial charge in [-0.1, -0.05) is 0 Å². The quantitative estimate of drug-likeness (QED) is 0.665. The summed E-state index contributed by atoms with van der Waals surface area (Å²) >= 11 is 3.24. The lowest BCUT2D eigenvalue weighted by Gasteiger charge is -2.09. The molecule has 3 nitrogen and oxygen atoms in total. The highest BCUT2D eigenvalue weighted by Gasteiger charge is 2.09. The first kappa shape index (κ1) is 13.5. The largest absolute Gasteiger partial charge is 0.454 e. The van der Waals surface area contributed by atoms with Crippen molar-refractivity contribution in [3.63, 3.8) is 0 Å². The van der Waals surface area contributed by atoms with E-state index in [2.05, 4.69) is 15.9 Å². The number of amidine groups is 1. The Morgan fingerprint density at radius 1 is 1.16 bits per heavy atom. The maximum Gasteiger partial charge on any atom is 0.168 e. The lowest BCUT2D eigenvalue weighted by molar-refractivity contribution is 0.437. The number of nitrogens with two attached hydrogens (primary N) is 1. The maximum atomic E-state index is 13.4. The number of rotatable bonds is 3. The van der Waals surface area contributed by atoms with Gasteiger partial charge in [0.25, 0.3) is 0 Å². The molecule has 0 aromatic heterocycles. The molecule has 0 amide bonds. The third-order valence-corrected chi connectivity index (χ3v) is 3.01. The number of nitrogen functional groups attached to an aromatic ring is 1. The van der Waals surface area contributed by atoms with Crippen molar-refractivity contribution >= 4 is 21.8 Å². The van der Waals surface area contributed by atoms with Crippen LogP contribution in [0.3, 0.4) is 0 Å². The molecule has 0 saturated carbocycles. The Labute approximate surface area is 116 Å². The number of benzene rings is 2. The van der Waals surface area contributed by atoms with Crippen molar-refractivity contribution in [3.8, 4) is 11.5 Å². The van der Waals surface area contributed by atoms with Crippen LogP contribution >= 0.6 is 15.9 Å². The Morgan fingerprint density at radius 3 is 2.47 bits per heavy atom. The minimum atomic E-state index is -0.785. The molecule has 0 spiro atoms. The van der Waals surface area contributed by atoms with Gasteiger partial charge in [0.15, 0.2) is 11.6 Å². The van der Waals surface area contributed by atoms with Crippen molar-refractivity contribution in [2.45, 2.75) is 0 Å². The molecule has 0 atom stereocenters. The van der Waals surface area contributed by atoms with E-state index in [-0.39, 0.29) is 11.6 Å². The molecule has 0 aliphatic heterocycles. The van der Waals surface area contributed by atoms with Gasteiger partial charge in [0, 0.05) is 16.1 Å². The molecule has 0 radical (unpaired) electrons. The lowest BCUT2D eigenvalue weighted by atomic mass is 10.2. The van der Waals surface area contributed by atoms with Crippen LogP contribution in [0.4, 0.5) is 8.78 Å². The Kier molecular flexibility index (Phi) is 3.80. The minimum Gasteiger partial charge on any atom is -0.454 e. The Morgan fingerprint density at radius 2 is 1.89 bits per heavy atom. The molecule has 98 valence electrons. The smallest absolute Gasteiger partial charge is 0.168 e. The van der Waals surface area contributed by atoms with Crippen molar-refractivity contribution in [2.75, 3.05) is 0 Å². The summed E-state index contributed by atoms with van der Waals surface area (Å²) in [5, 5.41) is 7.33. The van der Waals surface area contributed by atoms with Gasteiger partial charge in [0.2, 0.25) is 0 Å². The predicted octanol–water partition coefficient (Wildman–Crippen LogP) is 3.80. The zero-order chi connectivity index (χ0) is 14.0. The van der Waals surface area contributed by atoms with Crippen LogP contribution in [0.2, 0.25) is 0 Å². The Balaban J connectivity index is 2.29. The standard InChI is InChI=1S/C13H9BrF2N2O/c14-10-6-8(2-3-9(10)13(17)18)19-12-4-1-7(15)5-11(12)16/h1-6H,(H3,17,18). The van der Waals surface area contributed by atoms with Gasteiger partial charge in [0.05, 0.1) is 0 Å². The second-order valence-electron chi connectivity index (χ2n) is 3.73. The highest BCUT2D eigenvalue weighted by Crippen LogP contribution is 2.28. The summed E-state index contributed by atoms with van der Waals surface area (Å²) in [4.78, 5) is 0. The summed E-state index contributed by atoms with van der Waals surface area (Å²) in [6.07, 6.45) is 0. The van der Waals surface area contributed by atoms with Gasteiger partial charge in [-0.05, 0) is 46.3 Å². The fourth-order valence-electron chi connectivity index (χ4n) is 1.46. The van der Waals surface area contributed by atoms with E-state index < -0.39 is 11.6 Å². The first-order valence-electron chi connectivity index (χ1n) is 5.24. The molecule has 0 unspecified atom stereocenters. The molecule has 19 heavy (non-hydrogen) atoms. The number of halogens is 3. The summed E-state index contributed by atoms with van der Waals surface area (Å²) in [5.74, 6) is -1.28. The van der Waals surface area contributed by atoms with E-state index in [9.17, 15) is 8.78 Å². The third-order valence-electron chi connectivity index (χ3n) is 2.35. The zero-order valence-electron chi connectivity index (χ0n) is 9.58. The van der Waals surface area contributed by atoms with E-state index in [1.165, 1.54) is 6.07 Å². The van der Waals surface area contributed by atoms with Crippen LogP contribution < -0.4 is 10.5 Å². The van der Waals surface area contributed by atoms with Crippen molar-refractivity contribution < 1.29 is 13.5 Å². The van der Waals surface area contributed by atoms with Crippen molar-refractivity contribution in [2.24, 2.45) is 5.73 Å². The topological polar surface area (TPSA) is 59.1 Å². The van der Waals surface area contributed by atoms with E-state index in [0.29, 0.717) is 15.8 Å². The first-order chi connectivity index (χ1) is 8.97. The van der Waals surface area contributed by atoms with Gasteiger partial charge in [-0.15, -0.1) is 0 Å². The number of ether oxygens (including phenoxy) is 1. The lowest BCUT2D eigenvalue weighted by Crippen LogP contribution is -2.11. The molecule has 2 aromatic carbocycles. The van der Waals surface area contributed by atoms with Gasteiger partial charge in [-0.3, -0.25) is 5.41 Å². The van der Waals surface area contributed by atoms with Crippen LogP contribution in [0, 0.1) is 17.0 Å². The summed E-state index contributed by atoms with van der Waals surface area (Å²) in [6.45, 7) is 0. The van der Waals surface area contributed by atoms with Gasteiger partial charge >= 0.3 is 0 Å². The normalized spacial score (nSPS) is 10.3. The average Bonchev–Trinajstić information content (AvgIpc) is 2.32. The summed E-state index contributed by atoms with van der Waals surface area (Å²) < 4.78 is 32.0. The van der Waals surface area contributed by atoms with Crippen LogP contribution in [-0.2, 0) is 0 Å². The molecular weight excluding hydrogens is 318 g/mol. The maximum absolute atomic E-state index is 13.4. The van der Waals surface area contributed by atoms with E-state index in [4.69, 9.17) is 15.9 Å². The molecule has 2 rings (SSSR count). The summed E-state index contributed by atoms with van der Waals surface area (Å²) in [7, 11) is 0. The van der Waals surface area contributed by atoms with Gasteiger partial charge < -0.3 is 10.5 Å². The second kappa shape index (κ2) is 5.36. The average molecular weight is 327 g/mol. The molecule has 3 N–H and O–H groups in total.